The van der Waals surface area contributed by atoms with Crippen molar-refractivity contribution in [1.29, 1.82) is 0 Å². The average molecular weight is 177 g/mol. The maximum absolute atomic E-state index is 5.78. The van der Waals surface area contributed by atoms with E-state index in [1.165, 1.54) is 0 Å². The van der Waals surface area contributed by atoms with E-state index in [0.717, 1.165) is 11.1 Å². The van der Waals surface area contributed by atoms with Crippen molar-refractivity contribution in [2.75, 3.05) is 12.3 Å². The SMILES string of the molecule is C=C(OCC)c1cc(C)ccc1N. The number of rotatable bonds is 3. The van der Waals surface area contributed by atoms with Gasteiger partial charge in [-0.05, 0) is 26.0 Å². The Balaban J connectivity index is 2.99. The molecule has 2 nitrogen and oxygen atoms in total. The molecule has 0 heterocycles. The zero-order valence-corrected chi connectivity index (χ0v) is 8.13. The van der Waals surface area contributed by atoms with Gasteiger partial charge >= 0.3 is 0 Å². The smallest absolute Gasteiger partial charge is 0.121 e. The lowest BCUT2D eigenvalue weighted by atomic mass is 10.1. The number of ether oxygens (including phenoxy) is 1. The topological polar surface area (TPSA) is 35.2 Å². The quantitative estimate of drug-likeness (QED) is 0.569. The van der Waals surface area contributed by atoms with Crippen LogP contribution in [0.15, 0.2) is 24.8 Å². The van der Waals surface area contributed by atoms with Crippen LogP contribution < -0.4 is 5.73 Å². The largest absolute Gasteiger partial charge is 0.494 e. The maximum Gasteiger partial charge on any atom is 0.121 e. The minimum atomic E-state index is 0.617. The van der Waals surface area contributed by atoms with Gasteiger partial charge in [0.1, 0.15) is 5.76 Å². The molecular formula is C11H15NO. The van der Waals surface area contributed by atoms with Gasteiger partial charge in [-0.1, -0.05) is 18.2 Å². The summed E-state index contributed by atoms with van der Waals surface area (Å²) in [6.07, 6.45) is 0. The van der Waals surface area contributed by atoms with Crippen molar-refractivity contribution in [3.8, 4) is 0 Å². The molecule has 0 aliphatic carbocycles. The summed E-state index contributed by atoms with van der Waals surface area (Å²) in [5, 5.41) is 0. The molecule has 0 saturated heterocycles. The van der Waals surface area contributed by atoms with Gasteiger partial charge in [-0.2, -0.15) is 0 Å². The molecule has 2 N–H and O–H groups in total. The second-order valence-electron chi connectivity index (χ2n) is 2.95. The lowest BCUT2D eigenvalue weighted by molar-refractivity contribution is 0.299. The van der Waals surface area contributed by atoms with E-state index in [-0.39, 0.29) is 0 Å². The molecule has 0 aliphatic heterocycles. The Morgan fingerprint density at radius 3 is 2.85 bits per heavy atom. The van der Waals surface area contributed by atoms with E-state index >= 15 is 0 Å². The van der Waals surface area contributed by atoms with Crippen molar-refractivity contribution in [3.63, 3.8) is 0 Å². The molecule has 13 heavy (non-hydrogen) atoms. The molecule has 0 amide bonds. The highest BCUT2D eigenvalue weighted by atomic mass is 16.5. The number of anilines is 1. The highest BCUT2D eigenvalue weighted by molar-refractivity contribution is 5.70. The molecule has 0 bridgehead atoms. The molecule has 0 spiro atoms. The first-order chi connectivity index (χ1) is 6.15. The summed E-state index contributed by atoms with van der Waals surface area (Å²) < 4.78 is 5.29. The summed E-state index contributed by atoms with van der Waals surface area (Å²) in [5.41, 5.74) is 8.54. The molecule has 1 rings (SSSR count). The van der Waals surface area contributed by atoms with Crippen LogP contribution in [0.5, 0.6) is 0 Å². The van der Waals surface area contributed by atoms with Gasteiger partial charge in [0.25, 0.3) is 0 Å². The highest BCUT2D eigenvalue weighted by Gasteiger charge is 2.03. The number of nitrogens with two attached hydrogens (primary N) is 1. The first kappa shape index (κ1) is 9.65. The summed E-state index contributed by atoms with van der Waals surface area (Å²) in [7, 11) is 0. The first-order valence-electron chi connectivity index (χ1n) is 4.33. The van der Waals surface area contributed by atoms with Gasteiger partial charge in [0, 0.05) is 11.3 Å². The maximum atomic E-state index is 5.78. The zero-order chi connectivity index (χ0) is 9.84. The van der Waals surface area contributed by atoms with Crippen molar-refractivity contribution in [3.05, 3.63) is 35.9 Å². The van der Waals surface area contributed by atoms with E-state index in [0.29, 0.717) is 18.1 Å². The van der Waals surface area contributed by atoms with E-state index in [2.05, 4.69) is 6.58 Å². The molecular weight excluding hydrogens is 162 g/mol. The fourth-order valence-electron chi connectivity index (χ4n) is 1.16. The Morgan fingerprint density at radius 1 is 1.54 bits per heavy atom. The van der Waals surface area contributed by atoms with Crippen molar-refractivity contribution in [2.24, 2.45) is 0 Å². The van der Waals surface area contributed by atoms with Crippen LogP contribution in [0.2, 0.25) is 0 Å². The standard InChI is InChI=1S/C11H15NO/c1-4-13-9(3)10-7-8(2)5-6-11(10)12/h5-7H,3-4,12H2,1-2H3. The van der Waals surface area contributed by atoms with Crippen molar-refractivity contribution in [1.82, 2.24) is 0 Å². The zero-order valence-electron chi connectivity index (χ0n) is 8.13. The molecule has 0 atom stereocenters. The molecule has 0 saturated carbocycles. The van der Waals surface area contributed by atoms with Crippen LogP contribution in [0.4, 0.5) is 5.69 Å². The molecule has 1 aromatic carbocycles. The van der Waals surface area contributed by atoms with Crippen molar-refractivity contribution < 1.29 is 4.74 Å². The molecule has 70 valence electrons. The molecule has 2 heteroatoms. The summed E-state index contributed by atoms with van der Waals surface area (Å²) in [5.74, 6) is 0.642. The van der Waals surface area contributed by atoms with Crippen LogP contribution in [0, 0.1) is 6.92 Å². The second kappa shape index (κ2) is 3.99. The predicted molar refractivity (Wildman–Crippen MR) is 56.3 cm³/mol. The predicted octanol–water partition coefficient (Wildman–Crippen LogP) is 2.58. The number of hydrogen-bond donors (Lipinski definition) is 1. The summed E-state index contributed by atoms with van der Waals surface area (Å²) in [6.45, 7) is 8.38. The fourth-order valence-corrected chi connectivity index (χ4v) is 1.16. The van der Waals surface area contributed by atoms with Crippen LogP contribution in [-0.4, -0.2) is 6.61 Å². The molecule has 0 radical (unpaired) electrons. The Labute approximate surface area is 79.0 Å². The van der Waals surface area contributed by atoms with Gasteiger partial charge in [0.15, 0.2) is 0 Å². The summed E-state index contributed by atoms with van der Waals surface area (Å²) in [4.78, 5) is 0. The Morgan fingerprint density at radius 2 is 2.23 bits per heavy atom. The fraction of sp³-hybridized carbons (Fsp3) is 0.273. The van der Waals surface area contributed by atoms with Crippen molar-refractivity contribution in [2.45, 2.75) is 13.8 Å². The summed E-state index contributed by atoms with van der Waals surface area (Å²) >= 11 is 0. The van der Waals surface area contributed by atoms with Gasteiger partial charge in [0.05, 0.1) is 6.61 Å². The Hall–Kier alpha value is -1.44. The van der Waals surface area contributed by atoms with Gasteiger partial charge in [-0.15, -0.1) is 0 Å². The van der Waals surface area contributed by atoms with Gasteiger partial charge < -0.3 is 10.5 Å². The molecule has 1 aromatic rings. The van der Waals surface area contributed by atoms with E-state index in [9.17, 15) is 0 Å². The average Bonchev–Trinajstić information content (AvgIpc) is 2.09. The third-order valence-electron chi connectivity index (χ3n) is 1.83. The second-order valence-corrected chi connectivity index (χ2v) is 2.95. The van der Waals surface area contributed by atoms with Crippen LogP contribution >= 0.6 is 0 Å². The molecule has 0 unspecified atom stereocenters. The Kier molecular flexibility index (Phi) is 2.96. The van der Waals surface area contributed by atoms with Gasteiger partial charge in [-0.3, -0.25) is 0 Å². The van der Waals surface area contributed by atoms with E-state index < -0.39 is 0 Å². The molecule has 0 fully saturated rings. The monoisotopic (exact) mass is 177 g/mol. The van der Waals surface area contributed by atoms with Gasteiger partial charge in [0.2, 0.25) is 0 Å². The molecule has 0 aromatic heterocycles. The van der Waals surface area contributed by atoms with Crippen molar-refractivity contribution >= 4 is 11.4 Å². The van der Waals surface area contributed by atoms with E-state index in [1.807, 2.05) is 32.0 Å². The van der Waals surface area contributed by atoms with Crippen LogP contribution in [-0.2, 0) is 4.74 Å². The molecule has 0 aliphatic rings. The van der Waals surface area contributed by atoms with E-state index in [4.69, 9.17) is 10.5 Å². The normalized spacial score (nSPS) is 9.69. The Bertz CT molecular complexity index is 318. The number of aryl methyl sites for hydroxylation is 1. The first-order valence-corrected chi connectivity index (χ1v) is 4.33. The lowest BCUT2D eigenvalue weighted by Gasteiger charge is -2.10. The summed E-state index contributed by atoms with van der Waals surface area (Å²) in [6, 6.07) is 5.82. The van der Waals surface area contributed by atoms with Crippen LogP contribution in [0.1, 0.15) is 18.1 Å². The minimum Gasteiger partial charge on any atom is -0.494 e. The number of hydrogen-bond acceptors (Lipinski definition) is 2. The third-order valence-corrected chi connectivity index (χ3v) is 1.83. The highest BCUT2D eigenvalue weighted by Crippen LogP contribution is 2.21. The number of nitrogen functional groups attached to an aromatic ring is 1. The lowest BCUT2D eigenvalue weighted by Crippen LogP contribution is -1.96. The van der Waals surface area contributed by atoms with Crippen LogP contribution in [0.3, 0.4) is 0 Å². The minimum absolute atomic E-state index is 0.617. The van der Waals surface area contributed by atoms with E-state index in [1.54, 1.807) is 0 Å². The number of benzene rings is 1. The van der Waals surface area contributed by atoms with Crippen LogP contribution in [0.25, 0.3) is 5.76 Å². The third kappa shape index (κ3) is 2.25. The van der Waals surface area contributed by atoms with Gasteiger partial charge in [-0.25, -0.2) is 0 Å².